The Morgan fingerprint density at radius 3 is 2.38 bits per heavy atom. The maximum Gasteiger partial charge on any atom is 0.131 e. The molecule has 0 amide bonds. The lowest BCUT2D eigenvalue weighted by atomic mass is 9.84. The Labute approximate surface area is 198 Å². The van der Waals surface area contributed by atoms with Crippen molar-refractivity contribution in [2.45, 2.75) is 38.0 Å². The van der Waals surface area contributed by atoms with Gasteiger partial charge < -0.3 is 25.4 Å². The zero-order chi connectivity index (χ0) is 23.1. The number of hydrogen-bond acceptors (Lipinski definition) is 5. The first kappa shape index (κ1) is 24.4. The van der Waals surface area contributed by atoms with Gasteiger partial charge >= 0.3 is 0 Å². The normalized spacial score (nSPS) is 13.9. The third-order valence-corrected chi connectivity index (χ3v) is 5.74. The van der Waals surface area contributed by atoms with E-state index in [0.717, 1.165) is 12.0 Å². The van der Waals surface area contributed by atoms with E-state index in [1.807, 2.05) is 43.3 Å². The van der Waals surface area contributed by atoms with Crippen LogP contribution in [-0.2, 0) is 12.1 Å². The van der Waals surface area contributed by atoms with Gasteiger partial charge in [0.05, 0.1) is 18.2 Å². The number of benzene rings is 3. The molecule has 0 spiro atoms. The predicted molar refractivity (Wildman–Crippen MR) is 128 cm³/mol. The van der Waals surface area contributed by atoms with E-state index in [9.17, 15) is 10.2 Å². The van der Waals surface area contributed by atoms with Crippen LogP contribution in [-0.4, -0.2) is 22.9 Å². The first-order valence-electron chi connectivity index (χ1n) is 10.4. The standard InChI is InChI=1S/C25H27Cl2NO4/c1-2-5-24(30)25(28,16-29)22-11-10-21(14-23(22)27)32-20-9-4-8-19(13-20)31-15-17-6-3-7-18(26)12-17/h3-4,6-14,24,29-30H,2,5,15-16,28H2,1H3. The van der Waals surface area contributed by atoms with Crippen LogP contribution in [0.4, 0.5) is 0 Å². The van der Waals surface area contributed by atoms with Crippen molar-refractivity contribution in [1.29, 1.82) is 0 Å². The minimum atomic E-state index is -1.35. The average molecular weight is 476 g/mol. The molecule has 32 heavy (non-hydrogen) atoms. The summed E-state index contributed by atoms with van der Waals surface area (Å²) in [6.07, 6.45) is 0.262. The predicted octanol–water partition coefficient (Wildman–Crippen LogP) is 5.67. The lowest BCUT2D eigenvalue weighted by Gasteiger charge is -2.33. The molecule has 0 bridgehead atoms. The number of aliphatic hydroxyl groups excluding tert-OH is 2. The molecular weight excluding hydrogens is 449 g/mol. The van der Waals surface area contributed by atoms with Gasteiger partial charge in [0.15, 0.2) is 0 Å². The van der Waals surface area contributed by atoms with E-state index in [4.69, 9.17) is 38.4 Å². The molecule has 4 N–H and O–H groups in total. The Bertz CT molecular complexity index is 1050. The molecule has 3 rings (SSSR count). The summed E-state index contributed by atoms with van der Waals surface area (Å²) in [6.45, 7) is 1.89. The number of hydrogen-bond donors (Lipinski definition) is 3. The Morgan fingerprint density at radius 2 is 1.69 bits per heavy atom. The van der Waals surface area contributed by atoms with Gasteiger partial charge in [0.2, 0.25) is 0 Å². The fraction of sp³-hybridized carbons (Fsp3) is 0.280. The largest absolute Gasteiger partial charge is 0.489 e. The van der Waals surface area contributed by atoms with Crippen molar-refractivity contribution < 1.29 is 19.7 Å². The maximum absolute atomic E-state index is 10.4. The quantitative estimate of drug-likeness (QED) is 0.351. The molecule has 0 aliphatic rings. The first-order chi connectivity index (χ1) is 15.4. The maximum atomic E-state index is 10.4. The molecule has 0 radical (unpaired) electrons. The summed E-state index contributed by atoms with van der Waals surface area (Å²) in [5.74, 6) is 1.72. The highest BCUT2D eigenvalue weighted by molar-refractivity contribution is 6.31. The molecule has 0 saturated carbocycles. The van der Waals surface area contributed by atoms with Crippen molar-refractivity contribution in [3.05, 3.63) is 87.9 Å². The second kappa shape index (κ2) is 11.0. The van der Waals surface area contributed by atoms with Crippen molar-refractivity contribution in [3.63, 3.8) is 0 Å². The molecule has 0 aliphatic carbocycles. The Hall–Kier alpha value is -2.28. The average Bonchev–Trinajstić information content (AvgIpc) is 2.78. The molecule has 170 valence electrons. The van der Waals surface area contributed by atoms with Gasteiger partial charge in [0.1, 0.15) is 23.9 Å². The van der Waals surface area contributed by atoms with E-state index < -0.39 is 18.2 Å². The van der Waals surface area contributed by atoms with E-state index in [-0.39, 0.29) is 0 Å². The smallest absolute Gasteiger partial charge is 0.131 e. The van der Waals surface area contributed by atoms with Gasteiger partial charge in [-0.05, 0) is 53.9 Å². The summed E-state index contributed by atoms with van der Waals surface area (Å²) in [5, 5.41) is 21.2. The van der Waals surface area contributed by atoms with E-state index in [0.29, 0.717) is 45.9 Å². The third-order valence-electron chi connectivity index (χ3n) is 5.20. The molecule has 3 aromatic carbocycles. The number of halogens is 2. The molecule has 2 atom stereocenters. The van der Waals surface area contributed by atoms with Gasteiger partial charge in [-0.15, -0.1) is 0 Å². The van der Waals surface area contributed by atoms with Crippen LogP contribution in [0.5, 0.6) is 17.2 Å². The van der Waals surface area contributed by atoms with Gasteiger partial charge in [-0.25, -0.2) is 0 Å². The van der Waals surface area contributed by atoms with Crippen LogP contribution in [0.25, 0.3) is 0 Å². The highest BCUT2D eigenvalue weighted by Gasteiger charge is 2.36. The summed E-state index contributed by atoms with van der Waals surface area (Å²) >= 11 is 12.5. The van der Waals surface area contributed by atoms with E-state index in [1.165, 1.54) is 0 Å². The lowest BCUT2D eigenvalue weighted by molar-refractivity contribution is 0.0347. The van der Waals surface area contributed by atoms with Gasteiger partial charge in [0.25, 0.3) is 0 Å². The summed E-state index contributed by atoms with van der Waals surface area (Å²) < 4.78 is 11.8. The second-order valence-corrected chi connectivity index (χ2v) is 8.48. The zero-order valence-corrected chi connectivity index (χ0v) is 19.3. The van der Waals surface area contributed by atoms with E-state index >= 15 is 0 Å². The lowest BCUT2D eigenvalue weighted by Crippen LogP contribution is -2.51. The van der Waals surface area contributed by atoms with Crippen LogP contribution >= 0.6 is 23.2 Å². The van der Waals surface area contributed by atoms with E-state index in [1.54, 1.807) is 30.3 Å². The van der Waals surface area contributed by atoms with Gasteiger partial charge in [-0.2, -0.15) is 0 Å². The van der Waals surface area contributed by atoms with Crippen LogP contribution in [0, 0.1) is 0 Å². The summed E-state index contributed by atoms with van der Waals surface area (Å²) in [7, 11) is 0. The molecule has 0 aliphatic heterocycles. The summed E-state index contributed by atoms with van der Waals surface area (Å²) in [6, 6.07) is 19.7. The zero-order valence-electron chi connectivity index (χ0n) is 17.8. The molecule has 0 fully saturated rings. The highest BCUT2D eigenvalue weighted by Crippen LogP contribution is 2.35. The van der Waals surface area contributed by atoms with Crippen molar-refractivity contribution in [1.82, 2.24) is 0 Å². The minimum absolute atomic E-state index is 0.308. The van der Waals surface area contributed by atoms with Crippen molar-refractivity contribution in [3.8, 4) is 17.2 Å². The SMILES string of the molecule is CCCC(O)C(N)(CO)c1ccc(Oc2cccc(OCc3cccc(Cl)c3)c2)cc1Cl. The van der Waals surface area contributed by atoms with Crippen molar-refractivity contribution in [2.75, 3.05) is 6.61 Å². The van der Waals surface area contributed by atoms with Gasteiger partial charge in [-0.1, -0.05) is 60.8 Å². The van der Waals surface area contributed by atoms with Gasteiger partial charge in [-0.3, -0.25) is 0 Å². The number of rotatable bonds is 10. The fourth-order valence-electron chi connectivity index (χ4n) is 3.39. The minimum Gasteiger partial charge on any atom is -0.489 e. The monoisotopic (exact) mass is 475 g/mol. The fourth-order valence-corrected chi connectivity index (χ4v) is 3.95. The molecule has 3 aromatic rings. The van der Waals surface area contributed by atoms with Crippen LogP contribution in [0.1, 0.15) is 30.9 Å². The van der Waals surface area contributed by atoms with Crippen LogP contribution in [0.2, 0.25) is 10.0 Å². The van der Waals surface area contributed by atoms with Crippen LogP contribution in [0.15, 0.2) is 66.7 Å². The van der Waals surface area contributed by atoms with Crippen molar-refractivity contribution >= 4 is 23.2 Å². The molecule has 7 heteroatoms. The second-order valence-electron chi connectivity index (χ2n) is 7.64. The Kier molecular flexibility index (Phi) is 8.40. The topological polar surface area (TPSA) is 84.9 Å². The summed E-state index contributed by atoms with van der Waals surface area (Å²) in [4.78, 5) is 0. The molecule has 2 unspecified atom stereocenters. The molecule has 0 heterocycles. The molecule has 0 aromatic heterocycles. The van der Waals surface area contributed by atoms with E-state index in [2.05, 4.69) is 0 Å². The van der Waals surface area contributed by atoms with Crippen molar-refractivity contribution in [2.24, 2.45) is 5.73 Å². The Morgan fingerprint density at radius 1 is 0.969 bits per heavy atom. The summed E-state index contributed by atoms with van der Waals surface area (Å²) in [5.41, 5.74) is 6.39. The number of aliphatic hydroxyl groups is 2. The number of ether oxygens (including phenoxy) is 2. The molecular formula is C25H27Cl2NO4. The molecule has 5 nitrogen and oxygen atoms in total. The number of nitrogens with two attached hydrogens (primary N) is 1. The van der Waals surface area contributed by atoms with Crippen LogP contribution < -0.4 is 15.2 Å². The third kappa shape index (κ3) is 5.94. The first-order valence-corrected chi connectivity index (χ1v) is 11.1. The van der Waals surface area contributed by atoms with Gasteiger partial charge in [0, 0.05) is 16.1 Å². The highest BCUT2D eigenvalue weighted by atomic mass is 35.5. The Balaban J connectivity index is 1.72. The van der Waals surface area contributed by atoms with Crippen LogP contribution in [0.3, 0.4) is 0 Å². The molecule has 0 saturated heterocycles.